The van der Waals surface area contributed by atoms with E-state index in [0.29, 0.717) is 13.2 Å². The number of rotatable bonds is 4. The van der Waals surface area contributed by atoms with E-state index in [9.17, 15) is 0 Å². The topological polar surface area (TPSA) is 9.23 Å². The van der Waals surface area contributed by atoms with Crippen LogP contribution in [0.25, 0.3) is 0 Å². The van der Waals surface area contributed by atoms with Gasteiger partial charge in [0.2, 0.25) is 0 Å². The summed E-state index contributed by atoms with van der Waals surface area (Å²) in [6.45, 7) is 1.21. The predicted octanol–water partition coefficient (Wildman–Crippen LogP) is 2.96. The fraction of sp³-hybridized carbons (Fsp3) is 0.200. The fourth-order valence-corrected chi connectivity index (χ4v) is 0.928. The molecule has 2 heteroatoms. The summed E-state index contributed by atoms with van der Waals surface area (Å²) in [7, 11) is 0. The van der Waals surface area contributed by atoms with Crippen molar-refractivity contribution in [3.05, 3.63) is 47.5 Å². The van der Waals surface area contributed by atoms with Crippen LogP contribution in [0, 0.1) is 0 Å². The molecule has 1 aromatic rings. The average Bonchev–Trinajstić information content (AvgIpc) is 2.14. The highest BCUT2D eigenvalue weighted by Gasteiger charge is 1.88. The molecule has 0 amide bonds. The molecule has 0 unspecified atom stereocenters. The SMILES string of the molecule is ClC=CCOCc1ccccc1. The molecule has 1 rings (SSSR count). The lowest BCUT2D eigenvalue weighted by Gasteiger charge is -1.99. The lowest BCUT2D eigenvalue weighted by Crippen LogP contribution is -1.91. The number of hydrogen-bond acceptors (Lipinski definition) is 1. The Hall–Kier alpha value is -0.790. The standard InChI is InChI=1S/C10H11ClO/c11-7-4-8-12-9-10-5-2-1-3-6-10/h1-7H,8-9H2. The van der Waals surface area contributed by atoms with Crippen molar-refractivity contribution in [1.29, 1.82) is 0 Å². The quantitative estimate of drug-likeness (QED) is 0.651. The van der Waals surface area contributed by atoms with Gasteiger partial charge in [-0.2, -0.15) is 0 Å². The zero-order valence-electron chi connectivity index (χ0n) is 6.74. The number of hydrogen-bond donors (Lipinski definition) is 0. The van der Waals surface area contributed by atoms with Gasteiger partial charge in [-0.3, -0.25) is 0 Å². The molecular formula is C10H11ClO. The van der Waals surface area contributed by atoms with E-state index in [1.807, 2.05) is 30.3 Å². The van der Waals surface area contributed by atoms with Gasteiger partial charge in [-0.15, -0.1) is 0 Å². The monoisotopic (exact) mass is 182 g/mol. The van der Waals surface area contributed by atoms with Crippen LogP contribution >= 0.6 is 11.6 Å². The molecular weight excluding hydrogens is 172 g/mol. The highest BCUT2D eigenvalue weighted by Crippen LogP contribution is 1.99. The van der Waals surface area contributed by atoms with Gasteiger partial charge in [-0.1, -0.05) is 41.9 Å². The maximum Gasteiger partial charge on any atom is 0.0721 e. The molecule has 0 aliphatic rings. The Labute approximate surface area is 77.6 Å². The van der Waals surface area contributed by atoms with Crippen LogP contribution in [0.4, 0.5) is 0 Å². The summed E-state index contributed by atoms with van der Waals surface area (Å²) in [5.74, 6) is 0. The molecule has 0 saturated heterocycles. The fourth-order valence-electron chi connectivity index (χ4n) is 0.855. The molecule has 0 N–H and O–H groups in total. The van der Waals surface area contributed by atoms with Crippen molar-refractivity contribution in [2.75, 3.05) is 6.61 Å². The third kappa shape index (κ3) is 3.56. The number of halogens is 1. The highest BCUT2D eigenvalue weighted by molar-refractivity contribution is 6.25. The lowest BCUT2D eigenvalue weighted by atomic mass is 10.2. The van der Waals surface area contributed by atoms with Crippen LogP contribution in [0.5, 0.6) is 0 Å². The van der Waals surface area contributed by atoms with Gasteiger partial charge in [0.05, 0.1) is 13.2 Å². The number of ether oxygens (including phenoxy) is 1. The third-order valence-corrected chi connectivity index (χ3v) is 1.59. The molecule has 0 spiro atoms. The van der Waals surface area contributed by atoms with E-state index in [2.05, 4.69) is 0 Å². The molecule has 0 fully saturated rings. The zero-order valence-corrected chi connectivity index (χ0v) is 7.50. The van der Waals surface area contributed by atoms with Crippen LogP contribution in [0.3, 0.4) is 0 Å². The minimum absolute atomic E-state index is 0.568. The van der Waals surface area contributed by atoms with Crippen molar-refractivity contribution in [3.8, 4) is 0 Å². The molecule has 0 aliphatic carbocycles. The van der Waals surface area contributed by atoms with Crippen molar-refractivity contribution in [2.24, 2.45) is 0 Å². The van der Waals surface area contributed by atoms with Gasteiger partial charge >= 0.3 is 0 Å². The molecule has 0 radical (unpaired) electrons. The van der Waals surface area contributed by atoms with Gasteiger partial charge in [0, 0.05) is 5.54 Å². The Balaban J connectivity index is 2.24. The molecule has 0 aliphatic heterocycles. The first-order valence-electron chi connectivity index (χ1n) is 3.80. The first kappa shape index (κ1) is 9.30. The van der Waals surface area contributed by atoms with Gasteiger partial charge < -0.3 is 4.74 Å². The highest BCUT2D eigenvalue weighted by atomic mass is 35.5. The normalized spacial score (nSPS) is 10.8. The Kier molecular flexibility index (Phi) is 4.50. The second kappa shape index (κ2) is 5.81. The largest absolute Gasteiger partial charge is 0.373 e. The Morgan fingerprint density at radius 1 is 1.25 bits per heavy atom. The summed E-state index contributed by atoms with van der Waals surface area (Å²) >= 11 is 5.32. The minimum Gasteiger partial charge on any atom is -0.373 e. The molecule has 12 heavy (non-hydrogen) atoms. The first-order valence-corrected chi connectivity index (χ1v) is 4.24. The van der Waals surface area contributed by atoms with E-state index in [-0.39, 0.29) is 0 Å². The second-order valence-corrected chi connectivity index (χ2v) is 2.61. The Morgan fingerprint density at radius 2 is 2.00 bits per heavy atom. The molecule has 1 aromatic carbocycles. The molecule has 64 valence electrons. The Bertz CT molecular complexity index is 231. The predicted molar refractivity (Wildman–Crippen MR) is 51.1 cm³/mol. The summed E-state index contributed by atoms with van der Waals surface area (Å²) in [4.78, 5) is 0. The zero-order chi connectivity index (χ0) is 8.65. The number of benzene rings is 1. The molecule has 1 nitrogen and oxygen atoms in total. The van der Waals surface area contributed by atoms with Gasteiger partial charge in [-0.05, 0) is 11.6 Å². The maximum absolute atomic E-state index is 5.32. The summed E-state index contributed by atoms with van der Waals surface area (Å²) in [6.07, 6.45) is 1.77. The Morgan fingerprint density at radius 3 is 2.67 bits per heavy atom. The summed E-state index contributed by atoms with van der Waals surface area (Å²) in [6, 6.07) is 10.0. The van der Waals surface area contributed by atoms with Crippen LogP contribution in [-0.2, 0) is 11.3 Å². The van der Waals surface area contributed by atoms with E-state index < -0.39 is 0 Å². The maximum atomic E-state index is 5.32. The molecule has 0 bridgehead atoms. The van der Waals surface area contributed by atoms with E-state index in [1.54, 1.807) is 6.08 Å². The second-order valence-electron chi connectivity index (χ2n) is 2.36. The van der Waals surface area contributed by atoms with Gasteiger partial charge in [0.15, 0.2) is 0 Å². The van der Waals surface area contributed by atoms with Crippen molar-refractivity contribution in [3.63, 3.8) is 0 Å². The lowest BCUT2D eigenvalue weighted by molar-refractivity contribution is 0.149. The molecule has 0 saturated carbocycles. The smallest absolute Gasteiger partial charge is 0.0721 e. The minimum atomic E-state index is 0.568. The first-order chi connectivity index (χ1) is 5.93. The van der Waals surface area contributed by atoms with Crippen molar-refractivity contribution in [2.45, 2.75) is 6.61 Å². The summed E-state index contributed by atoms with van der Waals surface area (Å²) in [5.41, 5.74) is 2.64. The molecule has 0 aromatic heterocycles. The van der Waals surface area contributed by atoms with Gasteiger partial charge in [0.1, 0.15) is 0 Å². The molecule has 0 atom stereocenters. The van der Waals surface area contributed by atoms with Gasteiger partial charge in [-0.25, -0.2) is 0 Å². The summed E-state index contributed by atoms with van der Waals surface area (Å²) < 4.78 is 5.29. The van der Waals surface area contributed by atoms with Gasteiger partial charge in [0.25, 0.3) is 0 Å². The van der Waals surface area contributed by atoms with E-state index >= 15 is 0 Å². The summed E-state index contributed by atoms with van der Waals surface area (Å²) in [5, 5.41) is 0. The van der Waals surface area contributed by atoms with Crippen molar-refractivity contribution >= 4 is 11.6 Å². The van der Waals surface area contributed by atoms with Crippen LogP contribution in [0.2, 0.25) is 0 Å². The van der Waals surface area contributed by atoms with Crippen LogP contribution in [0.15, 0.2) is 41.9 Å². The van der Waals surface area contributed by atoms with Crippen LogP contribution in [0.1, 0.15) is 5.56 Å². The van der Waals surface area contributed by atoms with Crippen LogP contribution < -0.4 is 0 Å². The van der Waals surface area contributed by atoms with E-state index in [0.717, 1.165) is 0 Å². The van der Waals surface area contributed by atoms with E-state index in [1.165, 1.54) is 11.1 Å². The average molecular weight is 183 g/mol. The third-order valence-electron chi connectivity index (χ3n) is 1.41. The van der Waals surface area contributed by atoms with Crippen LogP contribution in [-0.4, -0.2) is 6.61 Å². The molecule has 0 heterocycles. The van der Waals surface area contributed by atoms with Crippen molar-refractivity contribution in [1.82, 2.24) is 0 Å². The van der Waals surface area contributed by atoms with Crippen molar-refractivity contribution < 1.29 is 4.74 Å². The van der Waals surface area contributed by atoms with E-state index in [4.69, 9.17) is 16.3 Å².